The summed E-state index contributed by atoms with van der Waals surface area (Å²) in [6, 6.07) is 23.1. The normalized spacial score (nSPS) is 12.4. The molecular formula is C33H20ClN3O7. The van der Waals surface area contributed by atoms with E-state index in [0.29, 0.717) is 49.6 Å². The Morgan fingerprint density at radius 3 is 2.25 bits per heavy atom. The first-order valence-electron chi connectivity index (χ1n) is 13.3. The lowest BCUT2D eigenvalue weighted by molar-refractivity contribution is -0.384. The van der Waals surface area contributed by atoms with Crippen LogP contribution in [-0.4, -0.2) is 40.1 Å². The van der Waals surface area contributed by atoms with E-state index in [4.69, 9.17) is 21.3 Å². The Labute approximate surface area is 254 Å². The van der Waals surface area contributed by atoms with E-state index in [1.807, 2.05) is 0 Å². The van der Waals surface area contributed by atoms with E-state index in [2.05, 4.69) is 0 Å². The number of rotatable bonds is 7. The lowest BCUT2D eigenvalue weighted by Crippen LogP contribution is -2.29. The number of hydrogen-bond donors (Lipinski definition) is 0. The molecule has 0 atom stereocenters. The predicted molar refractivity (Wildman–Crippen MR) is 162 cm³/mol. The van der Waals surface area contributed by atoms with E-state index in [9.17, 15) is 29.3 Å². The van der Waals surface area contributed by atoms with Crippen molar-refractivity contribution in [1.82, 2.24) is 4.98 Å². The van der Waals surface area contributed by atoms with E-state index in [0.717, 1.165) is 11.0 Å². The summed E-state index contributed by atoms with van der Waals surface area (Å²) in [5.41, 5.74) is 2.96. The summed E-state index contributed by atoms with van der Waals surface area (Å²) in [6.07, 6.45) is 0. The number of fused-ring (bicyclic) bond motifs is 2. The van der Waals surface area contributed by atoms with Crippen molar-refractivity contribution in [2.24, 2.45) is 0 Å². The molecule has 0 saturated carbocycles. The molecule has 1 aliphatic heterocycles. The molecule has 216 valence electrons. The molecule has 5 aromatic rings. The number of esters is 1. The quantitative estimate of drug-likeness (QED) is 0.0664. The highest BCUT2D eigenvalue weighted by molar-refractivity contribution is 6.34. The number of nitrogens with zero attached hydrogens (tertiary/aromatic N) is 3. The summed E-state index contributed by atoms with van der Waals surface area (Å²) >= 11 is 6.36. The number of pyridine rings is 1. The minimum atomic E-state index is -0.804. The number of nitro groups is 1. The summed E-state index contributed by atoms with van der Waals surface area (Å²) in [4.78, 5) is 68.2. The van der Waals surface area contributed by atoms with Crippen LogP contribution in [0.2, 0.25) is 5.02 Å². The van der Waals surface area contributed by atoms with Crippen LogP contribution < -0.4 is 4.90 Å². The maximum absolute atomic E-state index is 13.3. The van der Waals surface area contributed by atoms with Crippen LogP contribution in [-0.2, 0) is 4.74 Å². The number of benzene rings is 4. The monoisotopic (exact) mass is 605 g/mol. The number of halogens is 1. The molecular weight excluding hydrogens is 586 g/mol. The van der Waals surface area contributed by atoms with Gasteiger partial charge in [0, 0.05) is 33.7 Å². The zero-order valence-corrected chi connectivity index (χ0v) is 23.7. The van der Waals surface area contributed by atoms with Crippen molar-refractivity contribution in [1.29, 1.82) is 0 Å². The summed E-state index contributed by atoms with van der Waals surface area (Å²) in [6.45, 7) is 1.12. The number of anilines is 1. The molecule has 0 N–H and O–H groups in total. The minimum Gasteiger partial charge on any atom is -0.454 e. The van der Waals surface area contributed by atoms with Crippen molar-refractivity contribution in [2.75, 3.05) is 11.5 Å². The van der Waals surface area contributed by atoms with Crippen LogP contribution in [0.1, 0.15) is 47.0 Å². The van der Waals surface area contributed by atoms with E-state index < -0.39 is 35.1 Å². The molecule has 4 aromatic carbocycles. The molecule has 0 bridgehead atoms. The molecule has 0 aliphatic carbocycles. The molecule has 0 spiro atoms. The molecule has 0 radical (unpaired) electrons. The second-order valence-corrected chi connectivity index (χ2v) is 10.4. The zero-order valence-electron chi connectivity index (χ0n) is 22.9. The van der Waals surface area contributed by atoms with Gasteiger partial charge < -0.3 is 4.74 Å². The van der Waals surface area contributed by atoms with Gasteiger partial charge in [0.25, 0.3) is 17.5 Å². The second-order valence-electron chi connectivity index (χ2n) is 9.97. The Hall–Kier alpha value is -5.74. The van der Waals surface area contributed by atoms with Gasteiger partial charge in [0.15, 0.2) is 6.61 Å². The van der Waals surface area contributed by atoms with Gasteiger partial charge in [0.1, 0.15) is 0 Å². The number of ether oxygens (including phenoxy) is 1. The molecule has 0 saturated heterocycles. The number of aryl methyl sites for hydroxylation is 1. The standard InChI is InChI=1S/C33H20ClN3O7/c1-18-27(34)14-13-23-26(33(41)44-17-29(38)20-5-4-6-22(15-20)37(42)43)16-28(35-30(18)23)19-9-11-21(12-10-19)36-31(39)24-7-2-3-8-25(24)32(36)40/h2-16H,17H2,1H3. The van der Waals surface area contributed by atoms with Gasteiger partial charge in [-0.3, -0.25) is 24.5 Å². The predicted octanol–water partition coefficient (Wildman–Crippen LogP) is 6.61. The van der Waals surface area contributed by atoms with Crippen molar-refractivity contribution >= 4 is 57.4 Å². The van der Waals surface area contributed by atoms with Gasteiger partial charge in [-0.1, -0.05) is 54.1 Å². The van der Waals surface area contributed by atoms with Gasteiger partial charge in [-0.15, -0.1) is 0 Å². The topological polar surface area (TPSA) is 137 Å². The van der Waals surface area contributed by atoms with Crippen molar-refractivity contribution in [3.05, 3.63) is 134 Å². The van der Waals surface area contributed by atoms with Gasteiger partial charge in [0.05, 0.1) is 38.5 Å². The summed E-state index contributed by atoms with van der Waals surface area (Å²) in [5.74, 6) is -2.25. The fourth-order valence-electron chi connectivity index (χ4n) is 5.01. The fraction of sp³-hybridized carbons (Fsp3) is 0.0606. The number of carbonyl (C=O) groups is 4. The third kappa shape index (κ3) is 4.97. The van der Waals surface area contributed by atoms with Gasteiger partial charge in [-0.25, -0.2) is 14.7 Å². The van der Waals surface area contributed by atoms with Crippen LogP contribution in [0.5, 0.6) is 0 Å². The molecule has 44 heavy (non-hydrogen) atoms. The van der Waals surface area contributed by atoms with E-state index in [1.54, 1.807) is 67.6 Å². The van der Waals surface area contributed by atoms with Crippen molar-refractivity contribution in [3.8, 4) is 11.3 Å². The van der Waals surface area contributed by atoms with Crippen molar-refractivity contribution < 1.29 is 28.8 Å². The number of hydrogen-bond acceptors (Lipinski definition) is 8. The van der Waals surface area contributed by atoms with Crippen LogP contribution in [0.25, 0.3) is 22.2 Å². The highest BCUT2D eigenvalue weighted by atomic mass is 35.5. The number of imide groups is 1. The van der Waals surface area contributed by atoms with Crippen molar-refractivity contribution in [2.45, 2.75) is 6.92 Å². The SMILES string of the molecule is Cc1c(Cl)ccc2c(C(=O)OCC(=O)c3cccc([N+](=O)[O-])c3)cc(-c3ccc(N4C(=O)c5ccccc5C4=O)cc3)nc12. The fourth-order valence-corrected chi connectivity index (χ4v) is 5.16. The Bertz CT molecular complexity index is 2020. The number of Topliss-reactive ketones (excluding diaryl/α,β-unsaturated/α-hetero) is 1. The van der Waals surface area contributed by atoms with Crippen LogP contribution in [0.3, 0.4) is 0 Å². The number of ketones is 1. The van der Waals surface area contributed by atoms with Crippen LogP contribution >= 0.6 is 11.6 Å². The first kappa shape index (κ1) is 28.4. The van der Waals surface area contributed by atoms with Gasteiger partial charge >= 0.3 is 5.97 Å². The van der Waals surface area contributed by atoms with Gasteiger partial charge in [-0.05, 0) is 48.9 Å². The summed E-state index contributed by atoms with van der Waals surface area (Å²) in [7, 11) is 0. The molecule has 11 heteroatoms. The first-order valence-corrected chi connectivity index (χ1v) is 13.6. The van der Waals surface area contributed by atoms with Gasteiger partial charge in [-0.2, -0.15) is 0 Å². The highest BCUT2D eigenvalue weighted by Crippen LogP contribution is 2.33. The number of nitro benzene ring substituents is 1. The molecule has 1 aromatic heterocycles. The van der Waals surface area contributed by atoms with Crippen molar-refractivity contribution in [3.63, 3.8) is 0 Å². The average molecular weight is 606 g/mol. The van der Waals surface area contributed by atoms with Gasteiger partial charge in [0.2, 0.25) is 5.78 Å². The Balaban J connectivity index is 1.31. The smallest absolute Gasteiger partial charge is 0.339 e. The molecule has 0 unspecified atom stereocenters. The lowest BCUT2D eigenvalue weighted by atomic mass is 10.0. The van der Waals surface area contributed by atoms with E-state index in [-0.39, 0.29) is 16.8 Å². The number of carbonyl (C=O) groups excluding carboxylic acids is 4. The molecule has 2 heterocycles. The second kappa shape index (κ2) is 11.2. The van der Waals surface area contributed by atoms with Crippen LogP contribution in [0.4, 0.5) is 11.4 Å². The highest BCUT2D eigenvalue weighted by Gasteiger charge is 2.36. The molecule has 0 fully saturated rings. The molecule has 1 aliphatic rings. The number of amides is 2. The molecule has 10 nitrogen and oxygen atoms in total. The Kier molecular flexibility index (Phi) is 7.20. The zero-order chi connectivity index (χ0) is 31.1. The summed E-state index contributed by atoms with van der Waals surface area (Å²) in [5, 5.41) is 12.0. The number of non-ortho nitro benzene ring substituents is 1. The van der Waals surface area contributed by atoms with Crippen LogP contribution in [0, 0.1) is 17.0 Å². The molecule has 6 rings (SSSR count). The third-order valence-corrected chi connectivity index (χ3v) is 7.73. The largest absolute Gasteiger partial charge is 0.454 e. The Morgan fingerprint density at radius 1 is 0.909 bits per heavy atom. The summed E-state index contributed by atoms with van der Waals surface area (Å²) < 4.78 is 5.35. The number of aromatic nitrogens is 1. The van der Waals surface area contributed by atoms with E-state index in [1.165, 1.54) is 24.3 Å². The van der Waals surface area contributed by atoms with E-state index >= 15 is 0 Å². The maximum atomic E-state index is 13.3. The first-order chi connectivity index (χ1) is 21.1. The molecule has 2 amide bonds. The minimum absolute atomic E-state index is 0.0352. The Morgan fingerprint density at radius 2 is 1.59 bits per heavy atom. The van der Waals surface area contributed by atoms with Crippen LogP contribution in [0.15, 0.2) is 91.0 Å². The lowest BCUT2D eigenvalue weighted by Gasteiger charge is -2.15. The maximum Gasteiger partial charge on any atom is 0.339 e. The average Bonchev–Trinajstić information content (AvgIpc) is 3.30. The third-order valence-electron chi connectivity index (χ3n) is 7.32.